The number of ether oxygens (including phenoxy) is 2. The lowest BCUT2D eigenvalue weighted by Gasteiger charge is -2.36. The second-order valence-corrected chi connectivity index (χ2v) is 8.79. The Balaban J connectivity index is 1.25. The van der Waals surface area contributed by atoms with Crippen molar-refractivity contribution < 1.29 is 14.3 Å². The summed E-state index contributed by atoms with van der Waals surface area (Å²) in [5, 5.41) is 2.03. The van der Waals surface area contributed by atoms with Gasteiger partial charge in [0.2, 0.25) is 5.91 Å². The highest BCUT2D eigenvalue weighted by Gasteiger charge is 2.24. The average molecular weight is 463 g/mol. The van der Waals surface area contributed by atoms with Gasteiger partial charge >= 0.3 is 0 Å². The summed E-state index contributed by atoms with van der Waals surface area (Å²) in [6.45, 7) is 2.98. The summed E-state index contributed by atoms with van der Waals surface area (Å²) in [4.78, 5) is 22.9. The maximum absolute atomic E-state index is 13.1. The number of nitrogens with zero attached hydrogens (tertiary/aromatic N) is 4. The summed E-state index contributed by atoms with van der Waals surface area (Å²) in [5.74, 6) is 1.83. The number of methoxy groups -OCH3 is 2. The van der Waals surface area contributed by atoms with Crippen LogP contribution in [0.15, 0.2) is 60.1 Å². The maximum atomic E-state index is 13.1. The standard InChI is InChI=1S/C25H26N4O3S/c1-31-20-9-7-18(8-10-20)21-16-29-19(17-33-25(29)26-21)15-24(30)28-13-11-27(12-14-28)22-5-3-4-6-23(22)32-2/h3-10,16-17H,11-15H2,1-2H3. The van der Waals surface area contributed by atoms with Gasteiger partial charge in [0.25, 0.3) is 0 Å². The molecular formula is C25H26N4O3S. The average Bonchev–Trinajstić information content (AvgIpc) is 3.46. The molecule has 0 spiro atoms. The van der Waals surface area contributed by atoms with E-state index in [4.69, 9.17) is 14.5 Å². The first kappa shape index (κ1) is 21.3. The molecule has 4 aromatic rings. The zero-order valence-corrected chi connectivity index (χ0v) is 19.5. The van der Waals surface area contributed by atoms with E-state index in [9.17, 15) is 4.79 Å². The van der Waals surface area contributed by atoms with Crippen LogP contribution in [0.2, 0.25) is 0 Å². The van der Waals surface area contributed by atoms with Crippen molar-refractivity contribution in [3.05, 3.63) is 65.8 Å². The van der Waals surface area contributed by atoms with Gasteiger partial charge in [0.15, 0.2) is 4.96 Å². The molecule has 0 radical (unpaired) electrons. The van der Waals surface area contributed by atoms with Gasteiger partial charge < -0.3 is 19.3 Å². The fourth-order valence-electron chi connectivity index (χ4n) is 4.21. The summed E-state index contributed by atoms with van der Waals surface area (Å²) >= 11 is 1.56. The Morgan fingerprint density at radius 2 is 1.76 bits per heavy atom. The highest BCUT2D eigenvalue weighted by atomic mass is 32.1. The first-order chi connectivity index (χ1) is 16.2. The van der Waals surface area contributed by atoms with Crippen molar-refractivity contribution in [3.63, 3.8) is 0 Å². The molecule has 0 aliphatic carbocycles. The van der Waals surface area contributed by atoms with Crippen LogP contribution in [0, 0.1) is 0 Å². The predicted octanol–water partition coefficient (Wildman–Crippen LogP) is 3.97. The Morgan fingerprint density at radius 1 is 1.00 bits per heavy atom. The molecule has 0 unspecified atom stereocenters. The van der Waals surface area contributed by atoms with E-state index >= 15 is 0 Å². The van der Waals surface area contributed by atoms with Crippen LogP contribution in [0.25, 0.3) is 16.2 Å². The van der Waals surface area contributed by atoms with E-state index in [1.807, 2.05) is 63.3 Å². The number of anilines is 1. The van der Waals surface area contributed by atoms with E-state index in [1.54, 1.807) is 25.6 Å². The van der Waals surface area contributed by atoms with E-state index in [-0.39, 0.29) is 5.91 Å². The molecular weight excluding hydrogens is 436 g/mol. The van der Waals surface area contributed by atoms with Crippen LogP contribution in [-0.4, -0.2) is 60.6 Å². The van der Waals surface area contributed by atoms with Crippen LogP contribution in [0.3, 0.4) is 0 Å². The molecule has 33 heavy (non-hydrogen) atoms. The molecule has 8 heteroatoms. The normalized spacial score (nSPS) is 14.0. The van der Waals surface area contributed by atoms with Crippen LogP contribution in [0.1, 0.15) is 5.69 Å². The first-order valence-electron chi connectivity index (χ1n) is 10.9. The number of aromatic nitrogens is 2. The van der Waals surface area contributed by atoms with Crippen molar-refractivity contribution in [2.24, 2.45) is 0 Å². The molecule has 170 valence electrons. The molecule has 0 bridgehead atoms. The van der Waals surface area contributed by atoms with Gasteiger partial charge in [-0.2, -0.15) is 0 Å². The van der Waals surface area contributed by atoms with Crippen molar-refractivity contribution in [2.45, 2.75) is 6.42 Å². The molecule has 0 N–H and O–H groups in total. The summed E-state index contributed by atoms with van der Waals surface area (Å²) in [6.07, 6.45) is 2.38. The predicted molar refractivity (Wildman–Crippen MR) is 131 cm³/mol. The minimum Gasteiger partial charge on any atom is -0.497 e. The summed E-state index contributed by atoms with van der Waals surface area (Å²) in [5.41, 5.74) is 3.97. The molecule has 1 amide bonds. The minimum atomic E-state index is 0.147. The molecule has 0 atom stereocenters. The van der Waals surface area contributed by atoms with Crippen LogP contribution in [0.5, 0.6) is 11.5 Å². The second kappa shape index (κ2) is 9.15. The lowest BCUT2D eigenvalue weighted by Crippen LogP contribution is -2.49. The quantitative estimate of drug-likeness (QED) is 0.434. The van der Waals surface area contributed by atoms with E-state index in [0.717, 1.165) is 52.2 Å². The number of fused-ring (bicyclic) bond motifs is 1. The van der Waals surface area contributed by atoms with Gasteiger partial charge in [-0.1, -0.05) is 12.1 Å². The number of rotatable bonds is 6. The third kappa shape index (κ3) is 4.26. The van der Waals surface area contributed by atoms with Gasteiger partial charge in [0, 0.05) is 49.0 Å². The molecule has 1 aliphatic heterocycles. The van der Waals surface area contributed by atoms with Crippen molar-refractivity contribution in [1.82, 2.24) is 14.3 Å². The van der Waals surface area contributed by atoms with Gasteiger partial charge in [0.05, 0.1) is 32.0 Å². The highest BCUT2D eigenvalue weighted by molar-refractivity contribution is 7.15. The van der Waals surface area contributed by atoms with Crippen LogP contribution < -0.4 is 14.4 Å². The molecule has 0 saturated carbocycles. The highest BCUT2D eigenvalue weighted by Crippen LogP contribution is 2.29. The Kier molecular flexibility index (Phi) is 5.92. The largest absolute Gasteiger partial charge is 0.497 e. The Bertz CT molecular complexity index is 1260. The second-order valence-electron chi connectivity index (χ2n) is 7.95. The molecule has 3 heterocycles. The van der Waals surface area contributed by atoms with Gasteiger partial charge in [0.1, 0.15) is 11.5 Å². The fourth-order valence-corrected chi connectivity index (χ4v) is 5.08. The summed E-state index contributed by atoms with van der Waals surface area (Å²) in [7, 11) is 3.35. The van der Waals surface area contributed by atoms with Crippen molar-refractivity contribution in [2.75, 3.05) is 45.3 Å². The Morgan fingerprint density at radius 3 is 2.48 bits per heavy atom. The molecule has 5 rings (SSSR count). The molecule has 1 aliphatic rings. The Hall–Kier alpha value is -3.52. The van der Waals surface area contributed by atoms with Gasteiger partial charge in [-0.05, 0) is 36.4 Å². The number of imidazole rings is 1. The van der Waals surface area contributed by atoms with E-state index in [1.165, 1.54) is 0 Å². The number of hydrogen-bond acceptors (Lipinski definition) is 6. The first-order valence-corrected chi connectivity index (χ1v) is 11.8. The van der Waals surface area contributed by atoms with Gasteiger partial charge in [-0.15, -0.1) is 11.3 Å². The van der Waals surface area contributed by atoms with Crippen molar-refractivity contribution in [3.8, 4) is 22.8 Å². The van der Waals surface area contributed by atoms with Gasteiger partial charge in [-0.3, -0.25) is 9.20 Å². The molecule has 2 aromatic carbocycles. The van der Waals surface area contributed by atoms with Crippen LogP contribution >= 0.6 is 11.3 Å². The van der Waals surface area contributed by atoms with Gasteiger partial charge in [-0.25, -0.2) is 4.98 Å². The third-order valence-corrected chi connectivity index (χ3v) is 6.95. The van der Waals surface area contributed by atoms with Crippen LogP contribution in [0.4, 0.5) is 5.69 Å². The lowest BCUT2D eigenvalue weighted by atomic mass is 10.1. The number of carbonyl (C=O) groups excluding carboxylic acids is 1. The van der Waals surface area contributed by atoms with E-state index in [0.29, 0.717) is 19.5 Å². The number of piperazine rings is 1. The number of thiazole rings is 1. The topological polar surface area (TPSA) is 59.3 Å². The smallest absolute Gasteiger partial charge is 0.228 e. The fraction of sp³-hybridized carbons (Fsp3) is 0.280. The summed E-state index contributed by atoms with van der Waals surface area (Å²) < 4.78 is 12.8. The molecule has 1 saturated heterocycles. The number of amides is 1. The van der Waals surface area contributed by atoms with Crippen molar-refractivity contribution in [1.29, 1.82) is 0 Å². The zero-order valence-electron chi connectivity index (χ0n) is 18.7. The van der Waals surface area contributed by atoms with E-state index in [2.05, 4.69) is 11.0 Å². The summed E-state index contributed by atoms with van der Waals surface area (Å²) in [6, 6.07) is 15.9. The maximum Gasteiger partial charge on any atom is 0.228 e. The van der Waals surface area contributed by atoms with Crippen molar-refractivity contribution >= 4 is 27.9 Å². The molecule has 1 fully saturated rings. The third-order valence-electron chi connectivity index (χ3n) is 6.06. The van der Waals surface area contributed by atoms with Crippen LogP contribution in [-0.2, 0) is 11.2 Å². The minimum absolute atomic E-state index is 0.147. The number of benzene rings is 2. The monoisotopic (exact) mass is 462 g/mol. The number of carbonyl (C=O) groups is 1. The molecule has 2 aromatic heterocycles. The zero-order chi connectivity index (χ0) is 22.8. The number of hydrogen-bond donors (Lipinski definition) is 0. The van der Waals surface area contributed by atoms with E-state index < -0.39 is 0 Å². The Labute approximate surface area is 196 Å². The molecule has 7 nitrogen and oxygen atoms in total. The SMILES string of the molecule is COc1ccc(-c2cn3c(CC(=O)N4CCN(c5ccccc5OC)CC4)csc3n2)cc1. The number of para-hydroxylation sites is 2. The lowest BCUT2D eigenvalue weighted by molar-refractivity contribution is -0.130.